The summed E-state index contributed by atoms with van der Waals surface area (Å²) in [7, 11) is -1.44. The topological polar surface area (TPSA) is 80.1 Å². The lowest BCUT2D eigenvalue weighted by Gasteiger charge is -2.26. The van der Waals surface area contributed by atoms with E-state index in [9.17, 15) is 8.42 Å². The highest BCUT2D eigenvalue weighted by molar-refractivity contribution is 7.89. The molecule has 1 aromatic heterocycles. The van der Waals surface area contributed by atoms with Crippen LogP contribution in [-0.2, 0) is 23.1 Å². The second-order valence-electron chi connectivity index (χ2n) is 3.69. The quantitative estimate of drug-likeness (QED) is 0.709. The summed E-state index contributed by atoms with van der Waals surface area (Å²) in [5, 5.41) is 10.5. The van der Waals surface area contributed by atoms with Crippen LogP contribution < -0.4 is 5.32 Å². The normalized spacial score (nSPS) is 17.3. The predicted octanol–water partition coefficient (Wildman–Crippen LogP) is -1.36. The zero-order chi connectivity index (χ0) is 11.6. The molecule has 1 N–H and O–H groups in total. The Labute approximate surface area is 94.5 Å². The van der Waals surface area contributed by atoms with Crippen LogP contribution in [0.2, 0.25) is 0 Å². The molecule has 0 radical (unpaired) electrons. The lowest BCUT2D eigenvalue weighted by molar-refractivity contribution is 0.335. The Bertz CT molecular complexity index is 455. The third kappa shape index (κ3) is 2.23. The highest BCUT2D eigenvalue weighted by Crippen LogP contribution is 2.13. The van der Waals surface area contributed by atoms with Gasteiger partial charge in [-0.1, -0.05) is 0 Å². The Balaban J connectivity index is 2.08. The van der Waals surface area contributed by atoms with E-state index in [0.717, 1.165) is 0 Å². The third-order valence-electron chi connectivity index (χ3n) is 2.61. The van der Waals surface area contributed by atoms with Crippen molar-refractivity contribution in [3.05, 3.63) is 12.2 Å². The Morgan fingerprint density at radius 1 is 1.50 bits per heavy atom. The zero-order valence-corrected chi connectivity index (χ0v) is 9.94. The summed E-state index contributed by atoms with van der Waals surface area (Å²) in [4.78, 5) is 0. The summed E-state index contributed by atoms with van der Waals surface area (Å²) in [6.45, 7) is 1.91. The van der Waals surface area contributed by atoms with Crippen molar-refractivity contribution in [2.75, 3.05) is 25.9 Å². The van der Waals surface area contributed by atoms with E-state index in [0.29, 0.717) is 32.0 Å². The van der Waals surface area contributed by atoms with Gasteiger partial charge in [-0.05, 0) is 7.05 Å². The largest absolute Gasteiger partial charge is 0.319 e. The standard InChI is InChI=1S/C8H15N5O2S/c1-9-2-5-16(14,15)13-4-3-12-7-10-11-8(12)6-13/h7,9H,2-6H2,1H3. The molecule has 0 saturated heterocycles. The predicted molar refractivity (Wildman–Crippen MR) is 58.1 cm³/mol. The number of nitrogens with zero attached hydrogens (tertiary/aromatic N) is 4. The molecule has 7 nitrogen and oxygen atoms in total. The monoisotopic (exact) mass is 245 g/mol. The van der Waals surface area contributed by atoms with Crippen LogP contribution in [0.5, 0.6) is 0 Å². The van der Waals surface area contributed by atoms with Gasteiger partial charge < -0.3 is 9.88 Å². The lowest BCUT2D eigenvalue weighted by atomic mass is 10.4. The zero-order valence-electron chi connectivity index (χ0n) is 9.13. The van der Waals surface area contributed by atoms with Crippen molar-refractivity contribution in [2.24, 2.45) is 0 Å². The summed E-state index contributed by atoms with van der Waals surface area (Å²) in [6, 6.07) is 0. The molecule has 1 aromatic rings. The minimum Gasteiger partial charge on any atom is -0.319 e. The molecule has 2 heterocycles. The van der Waals surface area contributed by atoms with Crippen LogP contribution in [0.25, 0.3) is 0 Å². The minimum absolute atomic E-state index is 0.123. The Morgan fingerprint density at radius 2 is 2.31 bits per heavy atom. The Morgan fingerprint density at radius 3 is 3.06 bits per heavy atom. The summed E-state index contributed by atoms with van der Waals surface area (Å²) in [5.74, 6) is 0.830. The van der Waals surface area contributed by atoms with Crippen molar-refractivity contribution in [2.45, 2.75) is 13.1 Å². The van der Waals surface area contributed by atoms with E-state index in [1.54, 1.807) is 13.4 Å². The van der Waals surface area contributed by atoms with Gasteiger partial charge >= 0.3 is 0 Å². The van der Waals surface area contributed by atoms with Crippen molar-refractivity contribution in [3.8, 4) is 0 Å². The summed E-state index contributed by atoms with van der Waals surface area (Å²) in [5.41, 5.74) is 0. The molecule has 0 bridgehead atoms. The SMILES string of the molecule is CNCCS(=O)(=O)N1CCn2cnnc2C1. The van der Waals surface area contributed by atoms with E-state index < -0.39 is 10.0 Å². The maximum absolute atomic E-state index is 11.9. The van der Waals surface area contributed by atoms with Crippen molar-refractivity contribution in [1.29, 1.82) is 0 Å². The van der Waals surface area contributed by atoms with Crippen LogP contribution in [-0.4, -0.2) is 53.4 Å². The molecule has 90 valence electrons. The molecule has 0 fully saturated rings. The minimum atomic E-state index is -3.18. The molecule has 0 amide bonds. The second-order valence-corrected chi connectivity index (χ2v) is 5.78. The highest BCUT2D eigenvalue weighted by Gasteiger charge is 2.26. The maximum Gasteiger partial charge on any atom is 0.215 e. The van der Waals surface area contributed by atoms with E-state index in [1.807, 2.05) is 4.57 Å². The van der Waals surface area contributed by atoms with Gasteiger partial charge in [0.1, 0.15) is 12.2 Å². The number of hydrogen-bond donors (Lipinski definition) is 1. The van der Waals surface area contributed by atoms with Crippen LogP contribution in [0.4, 0.5) is 0 Å². The fraction of sp³-hybridized carbons (Fsp3) is 0.750. The van der Waals surface area contributed by atoms with Gasteiger partial charge in [0.05, 0.1) is 12.3 Å². The first-order valence-corrected chi connectivity index (χ1v) is 6.73. The number of rotatable bonds is 4. The number of aromatic nitrogens is 3. The first kappa shape index (κ1) is 11.5. The van der Waals surface area contributed by atoms with Crippen LogP contribution in [0.3, 0.4) is 0 Å². The average Bonchev–Trinajstić information content (AvgIpc) is 2.73. The Kier molecular flexibility index (Phi) is 3.22. The van der Waals surface area contributed by atoms with Crippen LogP contribution >= 0.6 is 0 Å². The van der Waals surface area contributed by atoms with Gasteiger partial charge in [0.15, 0.2) is 0 Å². The van der Waals surface area contributed by atoms with E-state index in [2.05, 4.69) is 15.5 Å². The van der Waals surface area contributed by atoms with Gasteiger partial charge in [-0.15, -0.1) is 10.2 Å². The van der Waals surface area contributed by atoms with Crippen LogP contribution in [0.1, 0.15) is 5.82 Å². The van der Waals surface area contributed by atoms with Crippen molar-refractivity contribution in [1.82, 2.24) is 24.4 Å². The maximum atomic E-state index is 11.9. The van der Waals surface area contributed by atoms with Gasteiger partial charge in [0.2, 0.25) is 10.0 Å². The average molecular weight is 245 g/mol. The third-order valence-corrected chi connectivity index (χ3v) is 4.43. The van der Waals surface area contributed by atoms with E-state index in [1.165, 1.54) is 4.31 Å². The molecule has 0 aliphatic carbocycles. The molecule has 0 aromatic carbocycles. The van der Waals surface area contributed by atoms with Gasteiger partial charge in [-0.2, -0.15) is 4.31 Å². The summed E-state index contributed by atoms with van der Waals surface area (Å²) < 4.78 is 27.2. The molecule has 16 heavy (non-hydrogen) atoms. The van der Waals surface area contributed by atoms with Gasteiger partial charge in [-0.25, -0.2) is 8.42 Å². The number of hydrogen-bond acceptors (Lipinski definition) is 5. The number of sulfonamides is 1. The van der Waals surface area contributed by atoms with E-state index >= 15 is 0 Å². The molecule has 0 atom stereocenters. The summed E-state index contributed by atoms with van der Waals surface area (Å²) >= 11 is 0. The molecular formula is C8H15N5O2S. The fourth-order valence-corrected chi connectivity index (χ4v) is 3.03. The van der Waals surface area contributed by atoms with Crippen molar-refractivity contribution >= 4 is 10.0 Å². The lowest BCUT2D eigenvalue weighted by Crippen LogP contribution is -2.41. The smallest absolute Gasteiger partial charge is 0.215 e. The molecule has 2 rings (SSSR count). The second kappa shape index (κ2) is 4.48. The van der Waals surface area contributed by atoms with Gasteiger partial charge in [-0.3, -0.25) is 0 Å². The molecule has 1 aliphatic rings. The van der Waals surface area contributed by atoms with Crippen LogP contribution in [0.15, 0.2) is 6.33 Å². The fourth-order valence-electron chi connectivity index (χ4n) is 1.64. The van der Waals surface area contributed by atoms with Crippen molar-refractivity contribution < 1.29 is 8.42 Å². The summed E-state index contributed by atoms with van der Waals surface area (Å²) in [6.07, 6.45) is 1.63. The first-order chi connectivity index (χ1) is 7.63. The number of nitrogens with one attached hydrogen (secondary N) is 1. The molecule has 1 aliphatic heterocycles. The molecule has 0 unspecified atom stereocenters. The molecule has 0 saturated carbocycles. The first-order valence-electron chi connectivity index (χ1n) is 5.12. The molecular weight excluding hydrogens is 230 g/mol. The molecule has 8 heteroatoms. The van der Waals surface area contributed by atoms with Crippen LogP contribution in [0, 0.1) is 0 Å². The van der Waals surface area contributed by atoms with E-state index in [4.69, 9.17) is 0 Å². The Hall–Kier alpha value is -0.990. The van der Waals surface area contributed by atoms with E-state index in [-0.39, 0.29) is 5.75 Å². The van der Waals surface area contributed by atoms with Gasteiger partial charge in [0.25, 0.3) is 0 Å². The highest BCUT2D eigenvalue weighted by atomic mass is 32.2. The van der Waals surface area contributed by atoms with Gasteiger partial charge in [0, 0.05) is 19.6 Å². The van der Waals surface area contributed by atoms with Crippen molar-refractivity contribution in [3.63, 3.8) is 0 Å². The number of fused-ring (bicyclic) bond motifs is 1. The molecule has 0 spiro atoms.